The number of hydrogen-bond acceptors (Lipinski definition) is 5. The van der Waals surface area contributed by atoms with Gasteiger partial charge in [0, 0.05) is 13.2 Å². The molecular weight excluding hydrogens is 248 g/mol. The van der Waals surface area contributed by atoms with Crippen LogP contribution >= 0.6 is 0 Å². The quantitative estimate of drug-likeness (QED) is 0.652. The summed E-state index contributed by atoms with van der Waals surface area (Å²) in [6.07, 6.45) is 1.70. The first-order valence-corrected chi connectivity index (χ1v) is 5.63. The van der Waals surface area contributed by atoms with Crippen molar-refractivity contribution in [3.63, 3.8) is 0 Å². The van der Waals surface area contributed by atoms with Gasteiger partial charge in [0.25, 0.3) is 0 Å². The predicted octanol–water partition coefficient (Wildman–Crippen LogP) is 0.131. The van der Waals surface area contributed by atoms with Crippen LogP contribution in [0.1, 0.15) is 5.69 Å². The Kier molecular flexibility index (Phi) is 2.52. The molecule has 96 valence electrons. The van der Waals surface area contributed by atoms with E-state index in [-0.39, 0.29) is 6.54 Å². The maximum atomic E-state index is 11.8. The topological polar surface area (TPSA) is 82.9 Å². The number of aryl methyl sites for hydroxylation is 1. The van der Waals surface area contributed by atoms with E-state index in [2.05, 4.69) is 10.3 Å². The second kappa shape index (κ2) is 4.20. The van der Waals surface area contributed by atoms with Gasteiger partial charge in [-0.05, 0) is 12.1 Å². The van der Waals surface area contributed by atoms with Crippen molar-refractivity contribution in [3.8, 4) is 0 Å². The molecule has 0 spiro atoms. The van der Waals surface area contributed by atoms with Gasteiger partial charge in [0.05, 0.1) is 17.4 Å². The van der Waals surface area contributed by atoms with Crippen LogP contribution in [0.2, 0.25) is 0 Å². The molecule has 0 unspecified atom stereocenters. The number of rotatable bonds is 2. The molecule has 0 fully saturated rings. The van der Waals surface area contributed by atoms with Gasteiger partial charge in [0.1, 0.15) is 5.69 Å². The van der Waals surface area contributed by atoms with Crippen LogP contribution in [0.5, 0.6) is 0 Å². The lowest BCUT2D eigenvalue weighted by Gasteiger charge is -2.05. The molecule has 2 heterocycles. The van der Waals surface area contributed by atoms with Gasteiger partial charge in [0.15, 0.2) is 0 Å². The third kappa shape index (κ3) is 1.95. The van der Waals surface area contributed by atoms with Gasteiger partial charge in [-0.25, -0.2) is 9.59 Å². The van der Waals surface area contributed by atoms with Crippen molar-refractivity contribution in [1.29, 1.82) is 0 Å². The minimum absolute atomic E-state index is 0.205. The first-order valence-electron chi connectivity index (χ1n) is 5.63. The lowest BCUT2D eigenvalue weighted by molar-refractivity contribution is 0.423. The van der Waals surface area contributed by atoms with Gasteiger partial charge >= 0.3 is 11.4 Å². The van der Waals surface area contributed by atoms with E-state index < -0.39 is 11.4 Å². The molecule has 0 aliphatic carbocycles. The fourth-order valence-electron chi connectivity index (χ4n) is 1.95. The molecule has 2 aromatic heterocycles. The number of aromatic nitrogens is 4. The van der Waals surface area contributed by atoms with Crippen molar-refractivity contribution in [2.45, 2.75) is 6.54 Å². The second-order valence-electron chi connectivity index (χ2n) is 4.14. The molecule has 3 rings (SSSR count). The molecule has 0 bridgehead atoms. The summed E-state index contributed by atoms with van der Waals surface area (Å²) in [6.45, 7) is 0.205. The highest BCUT2D eigenvalue weighted by atomic mass is 16.4. The molecule has 0 saturated carbocycles. The Labute approximate surface area is 106 Å². The van der Waals surface area contributed by atoms with E-state index in [4.69, 9.17) is 4.42 Å². The maximum Gasteiger partial charge on any atom is 0.422 e. The highest BCUT2D eigenvalue weighted by Crippen LogP contribution is 2.08. The lowest BCUT2D eigenvalue weighted by Crippen LogP contribution is -2.25. The molecule has 19 heavy (non-hydrogen) atoms. The first-order chi connectivity index (χ1) is 9.15. The van der Waals surface area contributed by atoms with Gasteiger partial charge < -0.3 is 4.42 Å². The molecule has 0 N–H and O–H groups in total. The minimum Gasteiger partial charge on any atom is -0.372 e. The second-order valence-corrected chi connectivity index (χ2v) is 4.14. The van der Waals surface area contributed by atoms with E-state index >= 15 is 0 Å². The zero-order chi connectivity index (χ0) is 13.4. The fraction of sp³-hybridized carbons (Fsp3) is 0.167. The minimum atomic E-state index is -0.700. The molecule has 7 heteroatoms. The summed E-state index contributed by atoms with van der Waals surface area (Å²) in [5.74, 6) is -0.700. The molecule has 0 aliphatic rings. The lowest BCUT2D eigenvalue weighted by atomic mass is 10.2. The summed E-state index contributed by atoms with van der Waals surface area (Å²) in [7, 11) is 1.74. The van der Waals surface area contributed by atoms with Crippen LogP contribution < -0.4 is 11.4 Å². The molecule has 0 radical (unpaired) electrons. The first kappa shape index (κ1) is 11.4. The summed E-state index contributed by atoms with van der Waals surface area (Å²) < 4.78 is 7.60. The molecule has 0 amide bonds. The Hall–Kier alpha value is -2.70. The molecule has 3 aromatic rings. The normalized spacial score (nSPS) is 11.0. The number of benzene rings is 1. The van der Waals surface area contributed by atoms with Crippen molar-refractivity contribution in [2.75, 3.05) is 0 Å². The van der Waals surface area contributed by atoms with Crippen molar-refractivity contribution in [1.82, 2.24) is 19.6 Å². The van der Waals surface area contributed by atoms with Crippen molar-refractivity contribution < 1.29 is 4.42 Å². The zero-order valence-corrected chi connectivity index (χ0v) is 10.1. The Bertz CT molecular complexity index is 859. The molecule has 1 aromatic carbocycles. The van der Waals surface area contributed by atoms with Crippen LogP contribution in [-0.4, -0.2) is 19.6 Å². The average Bonchev–Trinajstić information content (AvgIpc) is 2.80. The molecule has 7 nitrogen and oxygen atoms in total. The van der Waals surface area contributed by atoms with Crippen molar-refractivity contribution >= 4 is 10.9 Å². The molecular formula is C12H10N4O3. The van der Waals surface area contributed by atoms with Crippen LogP contribution in [0.3, 0.4) is 0 Å². The van der Waals surface area contributed by atoms with Crippen LogP contribution in [0.25, 0.3) is 10.9 Å². The predicted molar refractivity (Wildman–Crippen MR) is 66.8 cm³/mol. The smallest absolute Gasteiger partial charge is 0.372 e. The summed E-state index contributed by atoms with van der Waals surface area (Å²) >= 11 is 0. The summed E-state index contributed by atoms with van der Waals surface area (Å²) in [5.41, 5.74) is 0.508. The third-order valence-corrected chi connectivity index (χ3v) is 2.79. The van der Waals surface area contributed by atoms with E-state index in [1.54, 1.807) is 42.2 Å². The van der Waals surface area contributed by atoms with Gasteiger partial charge in [-0.1, -0.05) is 17.3 Å². The van der Waals surface area contributed by atoms with Gasteiger partial charge in [-0.3, -0.25) is 9.25 Å². The Morgan fingerprint density at radius 1 is 1.26 bits per heavy atom. The van der Waals surface area contributed by atoms with Gasteiger partial charge in [-0.2, -0.15) is 0 Å². The number of hydrogen-bond donors (Lipinski definition) is 0. The van der Waals surface area contributed by atoms with E-state index in [0.29, 0.717) is 16.6 Å². The third-order valence-electron chi connectivity index (χ3n) is 2.79. The standard InChI is InChI=1S/C12H10N4O3/c1-15-6-8(13-14-15)7-16-10-5-3-2-4-9(10)11(17)19-12(16)18/h2-6H,7H2,1H3. The molecule has 0 saturated heterocycles. The molecule has 0 aliphatic heterocycles. The highest BCUT2D eigenvalue weighted by Gasteiger charge is 2.10. The Morgan fingerprint density at radius 2 is 2.05 bits per heavy atom. The summed E-state index contributed by atoms with van der Waals surface area (Å²) in [4.78, 5) is 23.4. The van der Waals surface area contributed by atoms with E-state index in [1.165, 1.54) is 4.57 Å². The van der Waals surface area contributed by atoms with Crippen molar-refractivity contribution in [2.24, 2.45) is 7.05 Å². The fourth-order valence-corrected chi connectivity index (χ4v) is 1.95. The van der Waals surface area contributed by atoms with Crippen LogP contribution in [0.4, 0.5) is 0 Å². The summed E-state index contributed by atoms with van der Waals surface area (Å²) in [5, 5.41) is 8.08. The Balaban J connectivity index is 2.23. The zero-order valence-electron chi connectivity index (χ0n) is 10.1. The molecule has 0 atom stereocenters. The van der Waals surface area contributed by atoms with Gasteiger partial charge in [0.2, 0.25) is 0 Å². The van der Waals surface area contributed by atoms with Crippen LogP contribution in [0, 0.1) is 0 Å². The summed E-state index contributed by atoms with van der Waals surface area (Å²) in [6, 6.07) is 6.79. The van der Waals surface area contributed by atoms with Crippen molar-refractivity contribution in [3.05, 3.63) is 57.1 Å². The maximum absolute atomic E-state index is 11.8. The number of para-hydroxylation sites is 1. The van der Waals surface area contributed by atoms with Crippen LogP contribution in [0.15, 0.2) is 44.5 Å². The van der Waals surface area contributed by atoms with Crippen LogP contribution in [-0.2, 0) is 13.6 Å². The van der Waals surface area contributed by atoms with E-state index in [1.807, 2.05) is 0 Å². The number of fused-ring (bicyclic) bond motifs is 1. The largest absolute Gasteiger partial charge is 0.422 e. The van der Waals surface area contributed by atoms with Gasteiger partial charge in [-0.15, -0.1) is 5.10 Å². The van der Waals surface area contributed by atoms with E-state index in [9.17, 15) is 9.59 Å². The SMILES string of the molecule is Cn1cc(Cn2c(=O)oc(=O)c3ccccc32)nn1. The number of nitrogens with zero attached hydrogens (tertiary/aromatic N) is 4. The van der Waals surface area contributed by atoms with E-state index in [0.717, 1.165) is 0 Å². The average molecular weight is 258 g/mol. The Morgan fingerprint density at radius 3 is 2.79 bits per heavy atom. The monoisotopic (exact) mass is 258 g/mol. The highest BCUT2D eigenvalue weighted by molar-refractivity contribution is 5.77.